The number of carbonyl (C=O) groups excluding carboxylic acids is 1. The van der Waals surface area contributed by atoms with Gasteiger partial charge in [0.1, 0.15) is 6.17 Å². The molecular weight excluding hydrogens is 325 g/mol. The van der Waals surface area contributed by atoms with Crippen LogP contribution < -0.4 is 15.0 Å². The Hall–Kier alpha value is -3.09. The molecule has 7 heteroatoms. The van der Waals surface area contributed by atoms with Crippen molar-refractivity contribution in [1.29, 1.82) is 0 Å². The lowest BCUT2D eigenvalue weighted by Crippen LogP contribution is -2.49. The van der Waals surface area contributed by atoms with Gasteiger partial charge in [0.2, 0.25) is 0 Å². The summed E-state index contributed by atoms with van der Waals surface area (Å²) < 4.78 is 19.1. The molecule has 0 saturated carbocycles. The van der Waals surface area contributed by atoms with Gasteiger partial charge in [-0.15, -0.1) is 0 Å². The predicted molar refractivity (Wildman–Crippen MR) is 89.9 cm³/mol. The van der Waals surface area contributed by atoms with Crippen LogP contribution in [0.3, 0.4) is 0 Å². The molecular formula is C18H16FN3O3. The van der Waals surface area contributed by atoms with Crippen LogP contribution in [0.4, 0.5) is 10.1 Å². The Morgan fingerprint density at radius 1 is 1.32 bits per heavy atom. The van der Waals surface area contributed by atoms with Crippen LogP contribution in [0.15, 0.2) is 41.6 Å². The maximum Gasteiger partial charge on any atom is 0.255 e. The molecule has 1 unspecified atom stereocenters. The molecule has 0 spiro atoms. The van der Waals surface area contributed by atoms with E-state index in [0.717, 1.165) is 5.56 Å². The van der Waals surface area contributed by atoms with Gasteiger partial charge in [-0.3, -0.25) is 4.79 Å². The number of hydrogen-bond donors (Lipinski definition) is 2. The largest absolute Gasteiger partial charge is 0.494 e. The molecule has 6 nitrogen and oxygen atoms in total. The van der Waals surface area contributed by atoms with E-state index in [9.17, 15) is 14.4 Å². The van der Waals surface area contributed by atoms with Gasteiger partial charge in [0.15, 0.2) is 11.6 Å². The molecule has 1 amide bonds. The predicted octanol–water partition coefficient (Wildman–Crippen LogP) is 2.66. The molecule has 0 fully saturated rings. The van der Waals surface area contributed by atoms with E-state index in [2.05, 4.69) is 10.5 Å². The first-order valence-corrected chi connectivity index (χ1v) is 7.89. The van der Waals surface area contributed by atoms with Crippen molar-refractivity contribution in [3.05, 3.63) is 58.9 Å². The van der Waals surface area contributed by atoms with Gasteiger partial charge in [-0.25, -0.2) is 4.39 Å². The van der Waals surface area contributed by atoms with Crippen LogP contribution in [0.2, 0.25) is 0 Å². The number of benzene rings is 2. The fourth-order valence-electron chi connectivity index (χ4n) is 3.50. The summed E-state index contributed by atoms with van der Waals surface area (Å²) >= 11 is 0. The monoisotopic (exact) mass is 341 g/mol. The second-order valence-corrected chi connectivity index (χ2v) is 5.96. The third-order valence-electron chi connectivity index (χ3n) is 4.66. The topological polar surface area (TPSA) is 74.2 Å². The minimum Gasteiger partial charge on any atom is -0.494 e. The second-order valence-electron chi connectivity index (χ2n) is 5.96. The standard InChI is InChI=1S/C18H16FN3O3/c1-25-15-6-5-10(9-13(15)19)17-20-18(23)12-4-2-3-11-14(21-24)7-8-22(17)16(11)12/h2-6,9,17,24H,7-8H2,1H3,(H,20,23)/b21-14+. The van der Waals surface area contributed by atoms with Gasteiger partial charge in [-0.2, -0.15) is 0 Å². The first-order chi connectivity index (χ1) is 12.1. The number of amides is 1. The van der Waals surface area contributed by atoms with Crippen LogP contribution in [0.1, 0.15) is 34.1 Å². The van der Waals surface area contributed by atoms with Gasteiger partial charge in [0.05, 0.1) is 24.1 Å². The molecule has 2 aromatic carbocycles. The SMILES string of the molecule is COc1ccc(C2NC(=O)c3cccc4c3N2CC/C4=N\O)cc1F. The third kappa shape index (κ3) is 2.31. The van der Waals surface area contributed by atoms with E-state index in [1.807, 2.05) is 11.0 Å². The van der Waals surface area contributed by atoms with Crippen molar-refractivity contribution >= 4 is 17.3 Å². The third-order valence-corrected chi connectivity index (χ3v) is 4.66. The normalized spacial score (nSPS) is 20.2. The summed E-state index contributed by atoms with van der Waals surface area (Å²) in [6, 6.07) is 9.96. The second kappa shape index (κ2) is 5.77. The Kier molecular flexibility index (Phi) is 3.56. The highest BCUT2D eigenvalue weighted by molar-refractivity contribution is 6.13. The summed E-state index contributed by atoms with van der Waals surface area (Å²) in [5, 5.41) is 15.5. The van der Waals surface area contributed by atoms with Crippen LogP contribution in [0, 0.1) is 5.82 Å². The van der Waals surface area contributed by atoms with E-state index in [1.54, 1.807) is 24.3 Å². The number of nitrogens with zero attached hydrogens (tertiary/aromatic N) is 2. The zero-order valence-corrected chi connectivity index (χ0v) is 13.5. The number of anilines is 1. The maximum absolute atomic E-state index is 14.1. The highest BCUT2D eigenvalue weighted by Gasteiger charge is 2.37. The number of nitrogens with one attached hydrogen (secondary N) is 1. The number of carbonyl (C=O) groups is 1. The fraction of sp³-hybridized carbons (Fsp3) is 0.222. The first-order valence-electron chi connectivity index (χ1n) is 7.89. The Bertz CT molecular complexity index is 897. The summed E-state index contributed by atoms with van der Waals surface area (Å²) in [6.07, 6.45) is 0.0274. The maximum atomic E-state index is 14.1. The minimum atomic E-state index is -0.498. The minimum absolute atomic E-state index is 0.153. The molecule has 4 rings (SSSR count). The van der Waals surface area contributed by atoms with E-state index >= 15 is 0 Å². The highest BCUT2D eigenvalue weighted by Crippen LogP contribution is 2.39. The molecule has 2 aromatic rings. The number of hydrogen-bond acceptors (Lipinski definition) is 5. The molecule has 0 saturated heterocycles. The van der Waals surface area contributed by atoms with Crippen molar-refractivity contribution in [2.24, 2.45) is 5.16 Å². The zero-order valence-electron chi connectivity index (χ0n) is 13.5. The lowest BCUT2D eigenvalue weighted by molar-refractivity contribution is 0.0926. The van der Waals surface area contributed by atoms with E-state index in [-0.39, 0.29) is 11.7 Å². The highest BCUT2D eigenvalue weighted by atomic mass is 19.1. The number of methoxy groups -OCH3 is 1. The molecule has 2 N–H and O–H groups in total. The molecule has 1 atom stereocenters. The van der Waals surface area contributed by atoms with Crippen LogP contribution in [-0.2, 0) is 0 Å². The smallest absolute Gasteiger partial charge is 0.255 e. The van der Waals surface area contributed by atoms with E-state index < -0.39 is 12.0 Å². The van der Waals surface area contributed by atoms with Gasteiger partial charge in [-0.05, 0) is 23.8 Å². The average Bonchev–Trinajstić information content (AvgIpc) is 2.64. The number of ether oxygens (including phenoxy) is 1. The Morgan fingerprint density at radius 3 is 2.84 bits per heavy atom. The lowest BCUT2D eigenvalue weighted by Gasteiger charge is -2.42. The zero-order chi connectivity index (χ0) is 17.6. The molecule has 2 aliphatic rings. The van der Waals surface area contributed by atoms with E-state index in [0.29, 0.717) is 35.5 Å². The van der Waals surface area contributed by atoms with Crippen LogP contribution >= 0.6 is 0 Å². The van der Waals surface area contributed by atoms with E-state index in [4.69, 9.17) is 4.74 Å². The van der Waals surface area contributed by atoms with Crippen molar-refractivity contribution in [2.75, 3.05) is 18.6 Å². The van der Waals surface area contributed by atoms with Crippen LogP contribution in [-0.4, -0.2) is 30.5 Å². The number of para-hydroxylation sites is 1. The number of rotatable bonds is 2. The van der Waals surface area contributed by atoms with Gasteiger partial charge in [0, 0.05) is 18.5 Å². The summed E-state index contributed by atoms with van der Waals surface area (Å²) in [5.41, 5.74) is 3.12. The van der Waals surface area contributed by atoms with E-state index in [1.165, 1.54) is 13.2 Å². The summed E-state index contributed by atoms with van der Waals surface area (Å²) in [6.45, 7) is 0.544. The van der Waals surface area contributed by atoms with Crippen LogP contribution in [0.25, 0.3) is 0 Å². The molecule has 2 heterocycles. The Morgan fingerprint density at radius 2 is 2.12 bits per heavy atom. The summed E-state index contributed by atoms with van der Waals surface area (Å²) in [5.74, 6) is -0.572. The summed E-state index contributed by atoms with van der Waals surface area (Å²) in [4.78, 5) is 14.6. The van der Waals surface area contributed by atoms with Crippen molar-refractivity contribution < 1.29 is 19.1 Å². The van der Waals surface area contributed by atoms with Gasteiger partial charge < -0.3 is 20.2 Å². The average molecular weight is 341 g/mol. The molecule has 0 aliphatic carbocycles. The number of oxime groups is 1. The molecule has 25 heavy (non-hydrogen) atoms. The van der Waals surface area contributed by atoms with Crippen LogP contribution in [0.5, 0.6) is 5.75 Å². The summed E-state index contributed by atoms with van der Waals surface area (Å²) in [7, 11) is 1.41. The van der Waals surface area contributed by atoms with Gasteiger partial charge >= 0.3 is 0 Å². The molecule has 0 aromatic heterocycles. The molecule has 128 valence electrons. The van der Waals surface area contributed by atoms with Crippen molar-refractivity contribution in [3.8, 4) is 5.75 Å². The first kappa shape index (κ1) is 15.4. The molecule has 0 radical (unpaired) electrons. The quantitative estimate of drug-likeness (QED) is 0.651. The van der Waals surface area contributed by atoms with Gasteiger partial charge in [0.25, 0.3) is 5.91 Å². The lowest BCUT2D eigenvalue weighted by atomic mass is 9.92. The molecule has 0 bridgehead atoms. The number of halogens is 1. The molecule has 2 aliphatic heterocycles. The van der Waals surface area contributed by atoms with Crippen molar-refractivity contribution in [3.63, 3.8) is 0 Å². The Balaban J connectivity index is 1.84. The van der Waals surface area contributed by atoms with Crippen molar-refractivity contribution in [2.45, 2.75) is 12.6 Å². The van der Waals surface area contributed by atoms with Gasteiger partial charge in [-0.1, -0.05) is 23.4 Å². The van der Waals surface area contributed by atoms with Crippen molar-refractivity contribution in [1.82, 2.24) is 5.32 Å². The Labute approximate surface area is 143 Å². The fourth-order valence-corrected chi connectivity index (χ4v) is 3.50.